The molecule has 0 aliphatic heterocycles. The van der Waals surface area contributed by atoms with Gasteiger partial charge >= 0.3 is 0 Å². The topological polar surface area (TPSA) is 47.6 Å². The molecule has 2 aromatic rings. The normalized spacial score (nSPS) is 12.1. The first-order valence-electron chi connectivity index (χ1n) is 9.65. The molecule has 1 N–H and O–H groups in total. The van der Waals surface area contributed by atoms with Gasteiger partial charge in [0.25, 0.3) is 5.91 Å². The summed E-state index contributed by atoms with van der Waals surface area (Å²) in [5.41, 5.74) is 2.28. The van der Waals surface area contributed by atoms with E-state index in [-0.39, 0.29) is 18.6 Å². The Bertz CT molecular complexity index is 772. The second kappa shape index (κ2) is 10.5. The molecule has 0 aromatic heterocycles. The first-order chi connectivity index (χ1) is 13.3. The Labute approximate surface area is 176 Å². The van der Waals surface area contributed by atoms with Crippen LogP contribution in [0.25, 0.3) is 0 Å². The van der Waals surface area contributed by atoms with Gasteiger partial charge < -0.3 is 14.8 Å². The summed E-state index contributed by atoms with van der Waals surface area (Å²) in [6.07, 6.45) is 0.852. The van der Waals surface area contributed by atoms with Gasteiger partial charge in [0.15, 0.2) is 6.61 Å². The average molecular weight is 448 g/mol. The van der Waals surface area contributed by atoms with Crippen molar-refractivity contribution < 1.29 is 14.3 Å². The monoisotopic (exact) mass is 447 g/mol. The zero-order valence-corrected chi connectivity index (χ0v) is 18.9. The first-order valence-corrected chi connectivity index (χ1v) is 10.4. The molecule has 2 aromatic carbocycles. The van der Waals surface area contributed by atoms with Gasteiger partial charge in [0.05, 0.1) is 17.6 Å². The molecule has 0 bridgehead atoms. The quantitative estimate of drug-likeness (QED) is 0.523. The summed E-state index contributed by atoms with van der Waals surface area (Å²) >= 11 is 3.53. The third-order valence-corrected chi connectivity index (χ3v) is 5.16. The molecule has 2 rings (SSSR count). The van der Waals surface area contributed by atoms with Crippen molar-refractivity contribution in [3.63, 3.8) is 0 Å². The van der Waals surface area contributed by atoms with Crippen LogP contribution in [-0.2, 0) is 4.79 Å². The molecule has 28 heavy (non-hydrogen) atoms. The Hall–Kier alpha value is -2.01. The van der Waals surface area contributed by atoms with Gasteiger partial charge in [0, 0.05) is 0 Å². The third-order valence-electron chi connectivity index (χ3n) is 4.54. The highest BCUT2D eigenvalue weighted by Gasteiger charge is 2.17. The molecule has 0 fully saturated rings. The van der Waals surface area contributed by atoms with Crippen molar-refractivity contribution in [2.24, 2.45) is 5.92 Å². The largest absolute Gasteiger partial charge is 0.497 e. The van der Waals surface area contributed by atoms with Crippen molar-refractivity contribution in [3.05, 3.63) is 58.1 Å². The summed E-state index contributed by atoms with van der Waals surface area (Å²) in [6.45, 7) is 8.55. The van der Waals surface area contributed by atoms with Gasteiger partial charge in [-0.05, 0) is 69.6 Å². The number of nitrogens with one attached hydrogen (secondary N) is 1. The molecule has 0 spiro atoms. The summed E-state index contributed by atoms with van der Waals surface area (Å²) < 4.78 is 11.8. The van der Waals surface area contributed by atoms with Crippen LogP contribution in [0.15, 0.2) is 46.9 Å². The second-order valence-corrected chi connectivity index (χ2v) is 8.51. The Balaban J connectivity index is 2.01. The minimum absolute atomic E-state index is 0.0234. The molecular formula is C23H30BrNO3. The van der Waals surface area contributed by atoms with E-state index in [4.69, 9.17) is 9.47 Å². The smallest absolute Gasteiger partial charge is 0.258 e. The van der Waals surface area contributed by atoms with E-state index < -0.39 is 0 Å². The lowest BCUT2D eigenvalue weighted by molar-refractivity contribution is -0.124. The number of benzene rings is 2. The Morgan fingerprint density at radius 2 is 1.68 bits per heavy atom. The minimum Gasteiger partial charge on any atom is -0.497 e. The summed E-state index contributed by atoms with van der Waals surface area (Å²) in [5, 5.41) is 3.10. The molecule has 1 atom stereocenters. The van der Waals surface area contributed by atoms with E-state index in [0.29, 0.717) is 17.6 Å². The van der Waals surface area contributed by atoms with E-state index in [1.165, 1.54) is 5.56 Å². The molecule has 0 radical (unpaired) electrons. The number of hydrogen-bond acceptors (Lipinski definition) is 3. The highest BCUT2D eigenvalue weighted by molar-refractivity contribution is 9.10. The van der Waals surface area contributed by atoms with E-state index in [9.17, 15) is 4.79 Å². The minimum atomic E-state index is -0.138. The highest BCUT2D eigenvalue weighted by Crippen LogP contribution is 2.29. The number of carbonyl (C=O) groups is 1. The summed E-state index contributed by atoms with van der Waals surface area (Å²) in [7, 11) is 1.64. The molecule has 0 heterocycles. The lowest BCUT2D eigenvalue weighted by Crippen LogP contribution is -2.33. The van der Waals surface area contributed by atoms with Gasteiger partial charge in [-0.3, -0.25) is 4.79 Å². The fraction of sp³-hybridized carbons (Fsp3) is 0.435. The van der Waals surface area contributed by atoms with E-state index in [0.717, 1.165) is 22.2 Å². The van der Waals surface area contributed by atoms with E-state index in [1.807, 2.05) is 42.5 Å². The van der Waals surface area contributed by atoms with Crippen LogP contribution in [0.5, 0.6) is 11.5 Å². The van der Waals surface area contributed by atoms with E-state index in [1.54, 1.807) is 7.11 Å². The molecule has 0 unspecified atom stereocenters. The number of methoxy groups -OCH3 is 1. The zero-order valence-electron chi connectivity index (χ0n) is 17.3. The lowest BCUT2D eigenvalue weighted by atomic mass is 9.97. The molecular weight excluding hydrogens is 418 g/mol. The van der Waals surface area contributed by atoms with Crippen molar-refractivity contribution in [2.75, 3.05) is 13.7 Å². The molecule has 1 amide bonds. The maximum atomic E-state index is 12.5. The van der Waals surface area contributed by atoms with Crippen LogP contribution in [-0.4, -0.2) is 19.6 Å². The van der Waals surface area contributed by atoms with Crippen molar-refractivity contribution in [1.82, 2.24) is 5.32 Å². The molecule has 0 saturated carbocycles. The van der Waals surface area contributed by atoms with Crippen LogP contribution in [0.3, 0.4) is 0 Å². The molecule has 5 heteroatoms. The fourth-order valence-corrected chi connectivity index (χ4v) is 3.47. The highest BCUT2D eigenvalue weighted by atomic mass is 79.9. The van der Waals surface area contributed by atoms with E-state index in [2.05, 4.69) is 48.9 Å². The van der Waals surface area contributed by atoms with Crippen molar-refractivity contribution in [3.8, 4) is 11.5 Å². The molecule has 4 nitrogen and oxygen atoms in total. The standard InChI is InChI=1S/C23H30BrNO3/c1-15(2)12-21(17-6-9-19(27-5)10-7-17)25-23(26)14-28-22-11-8-18(16(3)4)13-20(22)24/h6-11,13,15-16,21H,12,14H2,1-5H3,(H,25,26)/t21-/m0/s1. The van der Waals surface area contributed by atoms with Gasteiger partial charge in [-0.1, -0.05) is 45.9 Å². The van der Waals surface area contributed by atoms with Crippen LogP contribution >= 0.6 is 15.9 Å². The van der Waals surface area contributed by atoms with Gasteiger partial charge in [-0.2, -0.15) is 0 Å². The SMILES string of the molecule is COc1ccc([C@H](CC(C)C)NC(=O)COc2ccc(C(C)C)cc2Br)cc1. The summed E-state index contributed by atoms with van der Waals surface area (Å²) in [5.74, 6) is 2.23. The summed E-state index contributed by atoms with van der Waals surface area (Å²) in [4.78, 5) is 12.5. The predicted molar refractivity (Wildman–Crippen MR) is 117 cm³/mol. The molecule has 0 aliphatic rings. The number of carbonyl (C=O) groups excluding carboxylic acids is 1. The third kappa shape index (κ3) is 6.55. The van der Waals surface area contributed by atoms with Crippen molar-refractivity contribution >= 4 is 21.8 Å². The number of hydrogen-bond donors (Lipinski definition) is 1. The van der Waals surface area contributed by atoms with Gasteiger partial charge in [-0.25, -0.2) is 0 Å². The van der Waals surface area contributed by atoms with Gasteiger partial charge in [-0.15, -0.1) is 0 Å². The number of ether oxygens (including phenoxy) is 2. The van der Waals surface area contributed by atoms with Crippen LogP contribution in [0.2, 0.25) is 0 Å². The average Bonchev–Trinajstić information content (AvgIpc) is 2.66. The van der Waals surface area contributed by atoms with Crippen LogP contribution in [0.4, 0.5) is 0 Å². The van der Waals surface area contributed by atoms with Crippen molar-refractivity contribution in [2.45, 2.75) is 46.1 Å². The first kappa shape index (κ1) is 22.3. The Morgan fingerprint density at radius 3 is 2.21 bits per heavy atom. The maximum absolute atomic E-state index is 12.5. The van der Waals surface area contributed by atoms with Crippen molar-refractivity contribution in [1.29, 1.82) is 0 Å². The summed E-state index contributed by atoms with van der Waals surface area (Å²) in [6, 6.07) is 13.7. The maximum Gasteiger partial charge on any atom is 0.258 e. The van der Waals surface area contributed by atoms with Gasteiger partial charge in [0.1, 0.15) is 11.5 Å². The van der Waals surface area contributed by atoms with E-state index >= 15 is 0 Å². The fourth-order valence-electron chi connectivity index (χ4n) is 2.96. The van der Waals surface area contributed by atoms with Crippen LogP contribution in [0, 0.1) is 5.92 Å². The Kier molecular flexibility index (Phi) is 8.36. The van der Waals surface area contributed by atoms with Gasteiger partial charge in [0.2, 0.25) is 0 Å². The number of amides is 1. The molecule has 0 aliphatic carbocycles. The number of halogens is 1. The van der Waals surface area contributed by atoms with Crippen LogP contribution in [0.1, 0.15) is 57.2 Å². The predicted octanol–water partition coefficient (Wildman–Crippen LogP) is 5.86. The van der Waals surface area contributed by atoms with Crippen LogP contribution < -0.4 is 14.8 Å². The number of rotatable bonds is 9. The zero-order chi connectivity index (χ0) is 20.7. The Morgan fingerprint density at radius 1 is 1.04 bits per heavy atom. The molecule has 152 valence electrons. The lowest BCUT2D eigenvalue weighted by Gasteiger charge is -2.21. The molecule has 0 saturated heterocycles. The second-order valence-electron chi connectivity index (χ2n) is 7.66.